The van der Waals surface area contributed by atoms with Crippen LogP contribution < -0.4 is 10.1 Å². The number of ether oxygens (including phenoxy) is 1. The molecule has 2 unspecified atom stereocenters. The molecule has 1 N–H and O–H groups in total. The van der Waals surface area contributed by atoms with Crippen LogP contribution in [0.2, 0.25) is 0 Å². The van der Waals surface area contributed by atoms with E-state index in [2.05, 4.69) is 31.0 Å². The summed E-state index contributed by atoms with van der Waals surface area (Å²) in [6, 6.07) is 5.61. The summed E-state index contributed by atoms with van der Waals surface area (Å²) >= 11 is 0. The highest BCUT2D eigenvalue weighted by atomic mass is 19.1. The topological polar surface area (TPSA) is 24.5 Å². The lowest BCUT2D eigenvalue weighted by Crippen LogP contribution is -2.62. The number of methoxy groups -OCH3 is 1. The van der Waals surface area contributed by atoms with Gasteiger partial charge in [-0.25, -0.2) is 4.39 Å². The number of hydrogen-bond donors (Lipinski definition) is 1. The van der Waals surface area contributed by atoms with Gasteiger partial charge in [-0.3, -0.25) is 4.90 Å². The van der Waals surface area contributed by atoms with Gasteiger partial charge in [-0.05, 0) is 25.8 Å². The molecule has 0 aromatic heterocycles. The Bertz CT molecular complexity index is 480. The van der Waals surface area contributed by atoms with Crippen molar-refractivity contribution in [2.45, 2.75) is 51.7 Å². The van der Waals surface area contributed by atoms with E-state index in [4.69, 9.17) is 4.74 Å². The van der Waals surface area contributed by atoms with Gasteiger partial charge in [0.1, 0.15) is 11.6 Å². The summed E-state index contributed by atoms with van der Waals surface area (Å²) < 4.78 is 19.2. The fraction of sp³-hybridized carbons (Fsp3) is 0.647. The van der Waals surface area contributed by atoms with Gasteiger partial charge in [-0.1, -0.05) is 19.9 Å². The molecule has 1 fully saturated rings. The summed E-state index contributed by atoms with van der Waals surface area (Å²) in [6.45, 7) is 9.22. The second-order valence-electron chi connectivity index (χ2n) is 6.22. The number of halogens is 1. The third-order valence-corrected chi connectivity index (χ3v) is 4.72. The monoisotopic (exact) mass is 294 g/mol. The lowest BCUT2D eigenvalue weighted by molar-refractivity contribution is 0.0745. The van der Waals surface area contributed by atoms with Crippen molar-refractivity contribution in [3.63, 3.8) is 0 Å². The number of hydrogen-bond acceptors (Lipinski definition) is 3. The first-order valence-corrected chi connectivity index (χ1v) is 7.82. The maximum Gasteiger partial charge on any atom is 0.131 e. The van der Waals surface area contributed by atoms with E-state index >= 15 is 0 Å². The Labute approximate surface area is 127 Å². The van der Waals surface area contributed by atoms with Crippen LogP contribution in [0.1, 0.15) is 39.2 Å². The lowest BCUT2D eigenvalue weighted by Gasteiger charge is -2.46. The third-order valence-electron chi connectivity index (χ3n) is 4.72. The Morgan fingerprint density at radius 2 is 2.19 bits per heavy atom. The molecule has 0 amide bonds. The van der Waals surface area contributed by atoms with E-state index in [1.165, 1.54) is 6.07 Å². The molecule has 0 bridgehead atoms. The minimum Gasteiger partial charge on any atom is -0.497 e. The Balaban J connectivity index is 2.15. The fourth-order valence-corrected chi connectivity index (χ4v) is 2.95. The second-order valence-corrected chi connectivity index (χ2v) is 6.22. The maximum absolute atomic E-state index is 14.2. The standard InChI is InChI=1S/C17H27FN2O/c1-5-14-10-19-17(3,6-2)12-20(14)11-13-7-8-15(21-4)9-16(13)18/h7-9,14,19H,5-6,10-12H2,1-4H3. The van der Waals surface area contributed by atoms with Gasteiger partial charge in [0.05, 0.1) is 7.11 Å². The molecule has 3 nitrogen and oxygen atoms in total. The Kier molecular flexibility index (Phi) is 5.22. The number of benzene rings is 1. The van der Waals surface area contributed by atoms with Gasteiger partial charge in [0.2, 0.25) is 0 Å². The summed E-state index contributed by atoms with van der Waals surface area (Å²) in [4.78, 5) is 2.41. The van der Waals surface area contributed by atoms with Crippen molar-refractivity contribution in [2.24, 2.45) is 0 Å². The molecule has 1 heterocycles. The molecule has 0 spiro atoms. The quantitative estimate of drug-likeness (QED) is 0.902. The first-order chi connectivity index (χ1) is 10.0. The number of rotatable bonds is 5. The van der Waals surface area contributed by atoms with Gasteiger partial charge in [-0.2, -0.15) is 0 Å². The van der Waals surface area contributed by atoms with Crippen LogP contribution in [0.15, 0.2) is 18.2 Å². The summed E-state index contributed by atoms with van der Waals surface area (Å²) in [6.07, 6.45) is 2.15. The van der Waals surface area contributed by atoms with Gasteiger partial charge >= 0.3 is 0 Å². The van der Waals surface area contributed by atoms with Crippen molar-refractivity contribution < 1.29 is 9.13 Å². The van der Waals surface area contributed by atoms with Crippen LogP contribution >= 0.6 is 0 Å². The van der Waals surface area contributed by atoms with Crippen LogP contribution in [0.5, 0.6) is 5.75 Å². The van der Waals surface area contributed by atoms with Crippen molar-refractivity contribution in [3.8, 4) is 5.75 Å². The average molecular weight is 294 g/mol. The van der Waals surface area contributed by atoms with Gasteiger partial charge in [0.25, 0.3) is 0 Å². The normalized spacial score (nSPS) is 26.8. The minimum absolute atomic E-state index is 0.120. The van der Waals surface area contributed by atoms with E-state index in [-0.39, 0.29) is 11.4 Å². The fourth-order valence-electron chi connectivity index (χ4n) is 2.95. The van der Waals surface area contributed by atoms with E-state index in [0.717, 1.165) is 31.5 Å². The molecule has 0 aliphatic carbocycles. The summed E-state index contributed by atoms with van der Waals surface area (Å²) in [7, 11) is 1.56. The van der Waals surface area contributed by atoms with Crippen LogP contribution in [0.4, 0.5) is 4.39 Å². The molecule has 1 aromatic carbocycles. The third kappa shape index (κ3) is 3.74. The average Bonchev–Trinajstić information content (AvgIpc) is 2.49. The second kappa shape index (κ2) is 6.75. The van der Waals surface area contributed by atoms with Crippen LogP contribution in [0.25, 0.3) is 0 Å². The zero-order chi connectivity index (χ0) is 15.5. The number of nitrogens with one attached hydrogen (secondary N) is 1. The van der Waals surface area contributed by atoms with E-state index in [1.54, 1.807) is 7.11 Å². The molecular weight excluding hydrogens is 267 g/mol. The molecule has 1 aromatic rings. The number of piperazine rings is 1. The number of nitrogens with zero attached hydrogens (tertiary/aromatic N) is 1. The molecule has 2 rings (SSSR count). The van der Waals surface area contributed by atoms with E-state index in [1.807, 2.05) is 12.1 Å². The molecule has 118 valence electrons. The Morgan fingerprint density at radius 1 is 1.43 bits per heavy atom. The van der Waals surface area contributed by atoms with Gasteiger partial charge in [0.15, 0.2) is 0 Å². The highest BCUT2D eigenvalue weighted by molar-refractivity contribution is 5.29. The van der Waals surface area contributed by atoms with E-state index in [0.29, 0.717) is 18.3 Å². The first-order valence-electron chi connectivity index (χ1n) is 7.82. The highest BCUT2D eigenvalue weighted by Crippen LogP contribution is 2.24. The Hall–Kier alpha value is -1.13. The van der Waals surface area contributed by atoms with Gasteiger partial charge in [-0.15, -0.1) is 0 Å². The van der Waals surface area contributed by atoms with Crippen LogP contribution in [-0.4, -0.2) is 36.7 Å². The van der Waals surface area contributed by atoms with Gasteiger partial charge < -0.3 is 10.1 Å². The smallest absolute Gasteiger partial charge is 0.131 e. The molecule has 0 radical (unpaired) electrons. The molecule has 2 atom stereocenters. The molecule has 1 aliphatic rings. The summed E-state index contributed by atoms with van der Waals surface area (Å²) in [5.74, 6) is 0.392. The molecular formula is C17H27FN2O. The van der Waals surface area contributed by atoms with Crippen LogP contribution in [0.3, 0.4) is 0 Å². The zero-order valence-corrected chi connectivity index (χ0v) is 13.6. The van der Waals surface area contributed by atoms with Crippen LogP contribution in [-0.2, 0) is 6.54 Å². The Morgan fingerprint density at radius 3 is 2.76 bits per heavy atom. The first kappa shape index (κ1) is 16.2. The minimum atomic E-state index is -0.180. The van der Waals surface area contributed by atoms with E-state index in [9.17, 15) is 4.39 Å². The predicted molar refractivity (Wildman–Crippen MR) is 84.1 cm³/mol. The van der Waals surface area contributed by atoms with Crippen molar-refractivity contribution in [1.82, 2.24) is 10.2 Å². The van der Waals surface area contributed by atoms with Crippen LogP contribution in [0, 0.1) is 5.82 Å². The largest absolute Gasteiger partial charge is 0.497 e. The van der Waals surface area contributed by atoms with Crippen molar-refractivity contribution in [3.05, 3.63) is 29.6 Å². The lowest BCUT2D eigenvalue weighted by atomic mass is 9.92. The SMILES string of the molecule is CCC1CNC(C)(CC)CN1Cc1ccc(OC)cc1F. The van der Waals surface area contributed by atoms with E-state index < -0.39 is 0 Å². The maximum atomic E-state index is 14.2. The van der Waals surface area contributed by atoms with Gasteiger partial charge in [0, 0.05) is 42.8 Å². The highest BCUT2D eigenvalue weighted by Gasteiger charge is 2.33. The van der Waals surface area contributed by atoms with Crippen molar-refractivity contribution in [1.29, 1.82) is 0 Å². The summed E-state index contributed by atoms with van der Waals surface area (Å²) in [5, 5.41) is 3.64. The molecule has 1 saturated heterocycles. The molecule has 0 saturated carbocycles. The molecule has 21 heavy (non-hydrogen) atoms. The molecule has 1 aliphatic heterocycles. The van der Waals surface area contributed by atoms with Crippen molar-refractivity contribution >= 4 is 0 Å². The molecule has 4 heteroatoms. The van der Waals surface area contributed by atoms with Crippen molar-refractivity contribution in [2.75, 3.05) is 20.2 Å². The predicted octanol–water partition coefficient (Wildman–Crippen LogP) is 3.19. The summed E-state index contributed by atoms with van der Waals surface area (Å²) in [5.41, 5.74) is 0.865. The zero-order valence-electron chi connectivity index (χ0n) is 13.6.